The molecule has 0 aromatic carbocycles. The van der Waals surface area contributed by atoms with Gasteiger partial charge in [0.05, 0.1) is 19.3 Å². The van der Waals surface area contributed by atoms with Gasteiger partial charge in [0.2, 0.25) is 0 Å². The first-order valence-electron chi connectivity index (χ1n) is 4.68. The van der Waals surface area contributed by atoms with E-state index < -0.39 is 0 Å². The second-order valence-corrected chi connectivity index (χ2v) is 3.19. The van der Waals surface area contributed by atoms with Crippen LogP contribution < -0.4 is 0 Å². The average Bonchev–Trinajstić information content (AvgIpc) is 2.03. The zero-order valence-electron chi connectivity index (χ0n) is 7.66. The van der Waals surface area contributed by atoms with Gasteiger partial charge in [-0.1, -0.05) is 6.92 Å². The SMILES string of the molecule is CCC1OCC1COCCCO. The zero-order chi connectivity index (χ0) is 8.81. The van der Waals surface area contributed by atoms with Crippen molar-refractivity contribution in [3.8, 4) is 0 Å². The van der Waals surface area contributed by atoms with Crippen molar-refractivity contribution in [3.63, 3.8) is 0 Å². The first-order chi connectivity index (χ1) is 5.88. The van der Waals surface area contributed by atoms with Gasteiger partial charge in [-0.25, -0.2) is 0 Å². The van der Waals surface area contributed by atoms with E-state index in [-0.39, 0.29) is 6.61 Å². The van der Waals surface area contributed by atoms with E-state index in [4.69, 9.17) is 14.6 Å². The summed E-state index contributed by atoms with van der Waals surface area (Å²) in [7, 11) is 0. The van der Waals surface area contributed by atoms with Crippen LogP contribution in [-0.2, 0) is 9.47 Å². The van der Waals surface area contributed by atoms with Crippen molar-refractivity contribution in [2.45, 2.75) is 25.9 Å². The maximum absolute atomic E-state index is 8.50. The van der Waals surface area contributed by atoms with Crippen molar-refractivity contribution in [1.29, 1.82) is 0 Å². The van der Waals surface area contributed by atoms with Crippen molar-refractivity contribution in [2.24, 2.45) is 5.92 Å². The second-order valence-electron chi connectivity index (χ2n) is 3.19. The number of ether oxygens (including phenoxy) is 2. The summed E-state index contributed by atoms with van der Waals surface area (Å²) in [6.07, 6.45) is 2.23. The van der Waals surface area contributed by atoms with E-state index in [1.165, 1.54) is 0 Å². The van der Waals surface area contributed by atoms with Crippen LogP contribution >= 0.6 is 0 Å². The Kier molecular flexibility index (Phi) is 4.58. The highest BCUT2D eigenvalue weighted by Crippen LogP contribution is 2.23. The van der Waals surface area contributed by atoms with Crippen LogP contribution in [0.5, 0.6) is 0 Å². The van der Waals surface area contributed by atoms with Crippen LogP contribution in [0.1, 0.15) is 19.8 Å². The Morgan fingerprint density at radius 2 is 2.42 bits per heavy atom. The molecule has 1 aliphatic rings. The van der Waals surface area contributed by atoms with Crippen molar-refractivity contribution < 1.29 is 14.6 Å². The third-order valence-corrected chi connectivity index (χ3v) is 2.23. The van der Waals surface area contributed by atoms with E-state index in [1.54, 1.807) is 0 Å². The molecular formula is C9H18O3. The molecule has 0 radical (unpaired) electrons. The number of rotatable bonds is 6. The minimum absolute atomic E-state index is 0.221. The second kappa shape index (κ2) is 5.51. The van der Waals surface area contributed by atoms with Crippen molar-refractivity contribution in [3.05, 3.63) is 0 Å². The lowest BCUT2D eigenvalue weighted by Crippen LogP contribution is -2.42. The summed E-state index contributed by atoms with van der Waals surface area (Å²) in [5, 5.41) is 8.50. The first-order valence-corrected chi connectivity index (χ1v) is 4.68. The Labute approximate surface area is 73.7 Å². The third-order valence-electron chi connectivity index (χ3n) is 2.23. The van der Waals surface area contributed by atoms with E-state index in [1.807, 2.05) is 0 Å². The molecule has 3 nitrogen and oxygen atoms in total. The van der Waals surface area contributed by atoms with Gasteiger partial charge in [-0.15, -0.1) is 0 Å². The van der Waals surface area contributed by atoms with Crippen LogP contribution in [-0.4, -0.2) is 37.6 Å². The summed E-state index contributed by atoms with van der Waals surface area (Å²) in [5.41, 5.74) is 0. The molecule has 2 atom stereocenters. The van der Waals surface area contributed by atoms with Gasteiger partial charge in [0.25, 0.3) is 0 Å². The van der Waals surface area contributed by atoms with E-state index in [2.05, 4.69) is 6.92 Å². The summed E-state index contributed by atoms with van der Waals surface area (Å²) in [5.74, 6) is 0.591. The van der Waals surface area contributed by atoms with Gasteiger partial charge >= 0.3 is 0 Å². The van der Waals surface area contributed by atoms with E-state index in [0.29, 0.717) is 18.6 Å². The lowest BCUT2D eigenvalue weighted by molar-refractivity contribution is -0.141. The summed E-state index contributed by atoms with van der Waals surface area (Å²) in [6.45, 7) is 4.66. The van der Waals surface area contributed by atoms with E-state index in [0.717, 1.165) is 26.1 Å². The molecule has 2 unspecified atom stereocenters. The molecule has 0 aromatic rings. The van der Waals surface area contributed by atoms with Crippen molar-refractivity contribution >= 4 is 0 Å². The van der Waals surface area contributed by atoms with Gasteiger partial charge in [-0.05, 0) is 12.8 Å². The molecule has 1 heterocycles. The monoisotopic (exact) mass is 174 g/mol. The van der Waals surface area contributed by atoms with Gasteiger partial charge < -0.3 is 14.6 Å². The average molecular weight is 174 g/mol. The summed E-state index contributed by atoms with van der Waals surface area (Å²) < 4.78 is 10.7. The fourth-order valence-electron chi connectivity index (χ4n) is 1.38. The maximum atomic E-state index is 8.50. The molecule has 0 bridgehead atoms. The summed E-state index contributed by atoms with van der Waals surface area (Å²) in [6, 6.07) is 0. The van der Waals surface area contributed by atoms with Crippen LogP contribution in [0.25, 0.3) is 0 Å². The predicted octanol–water partition coefficient (Wildman–Crippen LogP) is 0.810. The van der Waals surface area contributed by atoms with E-state index >= 15 is 0 Å². The Balaban J connectivity index is 1.93. The molecular weight excluding hydrogens is 156 g/mol. The highest BCUT2D eigenvalue weighted by molar-refractivity contribution is 4.76. The molecule has 72 valence electrons. The minimum atomic E-state index is 0.221. The fraction of sp³-hybridized carbons (Fsp3) is 1.00. The molecule has 3 heteroatoms. The lowest BCUT2D eigenvalue weighted by atomic mass is 9.97. The number of aliphatic hydroxyl groups is 1. The Bertz CT molecular complexity index is 114. The highest BCUT2D eigenvalue weighted by Gasteiger charge is 2.30. The molecule has 0 spiro atoms. The van der Waals surface area contributed by atoms with Gasteiger partial charge in [-0.2, -0.15) is 0 Å². The Morgan fingerprint density at radius 1 is 1.58 bits per heavy atom. The summed E-state index contributed by atoms with van der Waals surface area (Å²) >= 11 is 0. The molecule has 0 amide bonds. The topological polar surface area (TPSA) is 38.7 Å². The molecule has 1 fully saturated rings. The molecule has 12 heavy (non-hydrogen) atoms. The maximum Gasteiger partial charge on any atom is 0.0645 e. The molecule has 0 aliphatic carbocycles. The van der Waals surface area contributed by atoms with Crippen LogP contribution in [0.15, 0.2) is 0 Å². The fourth-order valence-corrected chi connectivity index (χ4v) is 1.38. The number of hydrogen-bond acceptors (Lipinski definition) is 3. The van der Waals surface area contributed by atoms with Crippen LogP contribution in [0.2, 0.25) is 0 Å². The summed E-state index contributed by atoms with van der Waals surface area (Å²) in [4.78, 5) is 0. The van der Waals surface area contributed by atoms with Crippen molar-refractivity contribution in [1.82, 2.24) is 0 Å². The third kappa shape index (κ3) is 2.73. The van der Waals surface area contributed by atoms with Gasteiger partial charge in [-0.3, -0.25) is 0 Å². The van der Waals surface area contributed by atoms with Crippen LogP contribution in [0.4, 0.5) is 0 Å². The van der Waals surface area contributed by atoms with Crippen LogP contribution in [0.3, 0.4) is 0 Å². The van der Waals surface area contributed by atoms with Gasteiger partial charge in [0, 0.05) is 19.1 Å². The van der Waals surface area contributed by atoms with Crippen molar-refractivity contribution in [2.75, 3.05) is 26.4 Å². The first kappa shape index (κ1) is 9.96. The molecule has 0 aromatic heterocycles. The quantitative estimate of drug-likeness (QED) is 0.606. The molecule has 1 rings (SSSR count). The van der Waals surface area contributed by atoms with Gasteiger partial charge in [0.15, 0.2) is 0 Å². The smallest absolute Gasteiger partial charge is 0.0645 e. The van der Waals surface area contributed by atoms with Gasteiger partial charge in [0.1, 0.15) is 0 Å². The largest absolute Gasteiger partial charge is 0.396 e. The number of aliphatic hydroxyl groups excluding tert-OH is 1. The Hall–Kier alpha value is -0.120. The molecule has 1 saturated heterocycles. The molecule has 1 aliphatic heterocycles. The van der Waals surface area contributed by atoms with Crippen LogP contribution in [0, 0.1) is 5.92 Å². The predicted molar refractivity (Wildman–Crippen MR) is 46.0 cm³/mol. The minimum Gasteiger partial charge on any atom is -0.396 e. The molecule has 1 N–H and O–H groups in total. The van der Waals surface area contributed by atoms with E-state index in [9.17, 15) is 0 Å². The highest BCUT2D eigenvalue weighted by atomic mass is 16.5. The lowest BCUT2D eigenvalue weighted by Gasteiger charge is -2.35. The zero-order valence-corrected chi connectivity index (χ0v) is 7.66. The standard InChI is InChI=1S/C9H18O3/c1-2-9-8(7-12-9)6-11-5-3-4-10/h8-10H,2-7H2,1H3. The normalized spacial score (nSPS) is 28.5. The Morgan fingerprint density at radius 3 is 2.92 bits per heavy atom. The molecule has 0 saturated carbocycles. The number of hydrogen-bond donors (Lipinski definition) is 1.